The first-order valence-electron chi connectivity index (χ1n) is 12.7. The summed E-state index contributed by atoms with van der Waals surface area (Å²) in [6.07, 6.45) is 6.07. The van der Waals surface area contributed by atoms with E-state index in [2.05, 4.69) is 20.5 Å². The molecule has 2 heterocycles. The molecule has 2 aromatic carbocycles. The molecule has 3 aromatic rings. The van der Waals surface area contributed by atoms with Gasteiger partial charge < -0.3 is 20.6 Å². The monoisotopic (exact) mass is 582 g/mol. The molecule has 10 heteroatoms. The van der Waals surface area contributed by atoms with Gasteiger partial charge in [-0.25, -0.2) is 4.39 Å². The largest absolute Gasteiger partial charge is 0.504 e. The van der Waals surface area contributed by atoms with E-state index >= 15 is 0 Å². The molecule has 2 aliphatic rings. The van der Waals surface area contributed by atoms with Gasteiger partial charge in [0.05, 0.1) is 21.8 Å². The van der Waals surface area contributed by atoms with Crippen molar-refractivity contribution >= 4 is 58.8 Å². The zero-order chi connectivity index (χ0) is 25.2. The number of carbonyl (C=O) groups excluding carboxylic acids is 1. The van der Waals surface area contributed by atoms with Crippen molar-refractivity contribution in [2.45, 2.75) is 38.6 Å². The number of pyridine rings is 1. The molecule has 1 aliphatic carbocycles. The second kappa shape index (κ2) is 13.3. The van der Waals surface area contributed by atoms with E-state index < -0.39 is 11.6 Å². The van der Waals surface area contributed by atoms with E-state index in [9.17, 15) is 14.3 Å². The highest BCUT2D eigenvalue weighted by Crippen LogP contribution is 2.36. The van der Waals surface area contributed by atoms with Gasteiger partial charge in [-0.15, -0.1) is 24.8 Å². The number of aromatic hydroxyl groups is 1. The number of carbonyl (C=O) groups is 1. The van der Waals surface area contributed by atoms with Gasteiger partial charge in [-0.3, -0.25) is 9.78 Å². The van der Waals surface area contributed by atoms with Gasteiger partial charge in [0.25, 0.3) is 0 Å². The summed E-state index contributed by atoms with van der Waals surface area (Å²) in [5.74, 6) is -0.674. The number of nitrogens with one attached hydrogen (secondary N) is 2. The summed E-state index contributed by atoms with van der Waals surface area (Å²) in [5, 5.41) is 17.6. The van der Waals surface area contributed by atoms with Gasteiger partial charge in [0.15, 0.2) is 17.3 Å². The number of anilines is 1. The van der Waals surface area contributed by atoms with Crippen LogP contribution in [0.4, 0.5) is 10.1 Å². The van der Waals surface area contributed by atoms with Crippen molar-refractivity contribution in [3.8, 4) is 16.9 Å². The Balaban J connectivity index is 0.00000200. The van der Waals surface area contributed by atoms with Gasteiger partial charge in [-0.2, -0.15) is 0 Å². The van der Waals surface area contributed by atoms with E-state index in [0.29, 0.717) is 17.0 Å². The van der Waals surface area contributed by atoms with Crippen molar-refractivity contribution < 1.29 is 14.3 Å². The number of phenolic OH excluding ortho intramolecular Hbond substituents is 1. The lowest BCUT2D eigenvalue weighted by Gasteiger charge is -2.35. The molecule has 5 rings (SSSR count). The predicted molar refractivity (Wildman–Crippen MR) is 157 cm³/mol. The predicted octanol–water partition coefficient (Wildman–Crippen LogP) is 6.32. The van der Waals surface area contributed by atoms with Gasteiger partial charge in [0, 0.05) is 50.3 Å². The lowest BCUT2D eigenvalue weighted by Crippen LogP contribution is -2.45. The third-order valence-electron chi connectivity index (χ3n) is 7.52. The highest BCUT2D eigenvalue weighted by molar-refractivity contribution is 6.32. The van der Waals surface area contributed by atoms with E-state index in [-0.39, 0.29) is 41.7 Å². The highest BCUT2D eigenvalue weighted by atomic mass is 35.5. The molecule has 206 valence electrons. The standard InChI is InChI=1S/C28H32ClFN4O2.2ClH/c1-17(35)23-15-32-26-7-4-19(20-13-24(29)28(36)25(30)14-20)12-22(26)27(23)33-21-5-2-18(3-6-21)16-34-10-8-31-9-11-34;;/h4,7,12-15,18,21,31,36H,2-3,5-6,8-11,16H2,1H3,(H,32,33);2*1H. The Kier molecular flexibility index (Phi) is 10.6. The number of nitrogens with zero attached hydrogens (tertiary/aromatic N) is 2. The Morgan fingerprint density at radius 3 is 2.50 bits per heavy atom. The van der Waals surface area contributed by atoms with Crippen molar-refractivity contribution in [2.24, 2.45) is 5.92 Å². The third kappa shape index (κ3) is 6.69. The number of halogens is 4. The molecule has 3 N–H and O–H groups in total. The third-order valence-corrected chi connectivity index (χ3v) is 7.81. The van der Waals surface area contributed by atoms with Crippen molar-refractivity contribution in [3.63, 3.8) is 0 Å². The highest BCUT2D eigenvalue weighted by Gasteiger charge is 2.25. The lowest BCUT2D eigenvalue weighted by molar-refractivity contribution is 0.101. The van der Waals surface area contributed by atoms with Crippen LogP contribution in [0.1, 0.15) is 43.0 Å². The first kappa shape index (κ1) is 30.4. The fourth-order valence-corrected chi connectivity index (χ4v) is 5.69. The first-order chi connectivity index (χ1) is 17.4. The number of ketones is 1. The zero-order valence-corrected chi connectivity index (χ0v) is 23.7. The number of aromatic nitrogens is 1. The molecular formula is C28H34Cl3FN4O2. The number of fused-ring (bicyclic) bond motifs is 1. The molecule has 2 fully saturated rings. The molecule has 0 atom stereocenters. The Hall–Kier alpha value is -2.16. The van der Waals surface area contributed by atoms with Crippen molar-refractivity contribution in [1.82, 2.24) is 15.2 Å². The summed E-state index contributed by atoms with van der Waals surface area (Å²) in [4.78, 5) is 19.6. The average molecular weight is 584 g/mol. The molecule has 6 nitrogen and oxygen atoms in total. The van der Waals surface area contributed by atoms with Crippen LogP contribution in [-0.2, 0) is 0 Å². The van der Waals surface area contributed by atoms with Gasteiger partial charge in [-0.05, 0) is 73.9 Å². The summed E-state index contributed by atoms with van der Waals surface area (Å²) in [5.41, 5.74) is 3.37. The van der Waals surface area contributed by atoms with Gasteiger partial charge in [0.1, 0.15) is 0 Å². The Bertz CT molecular complexity index is 1260. The van der Waals surface area contributed by atoms with E-state index in [1.54, 1.807) is 13.1 Å². The summed E-state index contributed by atoms with van der Waals surface area (Å²) in [6.45, 7) is 7.12. The number of piperazine rings is 1. The molecule has 0 unspecified atom stereocenters. The Morgan fingerprint density at radius 1 is 1.13 bits per heavy atom. The lowest BCUT2D eigenvalue weighted by atomic mass is 9.85. The Labute approximate surface area is 240 Å². The number of phenols is 1. The summed E-state index contributed by atoms with van der Waals surface area (Å²) in [7, 11) is 0. The van der Waals surface area contributed by atoms with Crippen LogP contribution in [0.3, 0.4) is 0 Å². The maximum atomic E-state index is 14.2. The summed E-state index contributed by atoms with van der Waals surface area (Å²) < 4.78 is 14.2. The fourth-order valence-electron chi connectivity index (χ4n) is 5.48. The van der Waals surface area contributed by atoms with Gasteiger partial charge in [-0.1, -0.05) is 17.7 Å². The van der Waals surface area contributed by atoms with E-state index in [1.165, 1.54) is 18.7 Å². The molecule has 38 heavy (non-hydrogen) atoms. The van der Waals surface area contributed by atoms with E-state index in [4.69, 9.17) is 11.6 Å². The fraction of sp³-hybridized carbons (Fsp3) is 0.429. The van der Waals surface area contributed by atoms with Crippen LogP contribution in [0.25, 0.3) is 22.0 Å². The molecule has 0 spiro atoms. The minimum atomic E-state index is -0.774. The average Bonchev–Trinajstić information content (AvgIpc) is 2.88. The van der Waals surface area contributed by atoms with Crippen LogP contribution in [0.5, 0.6) is 5.75 Å². The molecule has 1 saturated heterocycles. The molecular weight excluding hydrogens is 550 g/mol. The van der Waals surface area contributed by atoms with Crippen LogP contribution < -0.4 is 10.6 Å². The minimum absolute atomic E-state index is 0. The zero-order valence-electron chi connectivity index (χ0n) is 21.3. The second-order valence-electron chi connectivity index (χ2n) is 10.0. The number of Topliss-reactive ketones (excluding diaryl/α,β-unsaturated/α-hetero) is 1. The van der Waals surface area contributed by atoms with Crippen LogP contribution in [0.15, 0.2) is 36.5 Å². The second-order valence-corrected chi connectivity index (χ2v) is 10.4. The van der Waals surface area contributed by atoms with Crippen molar-refractivity contribution in [3.05, 3.63) is 52.9 Å². The molecule has 0 bridgehead atoms. The van der Waals surface area contributed by atoms with Gasteiger partial charge in [0.2, 0.25) is 0 Å². The maximum absolute atomic E-state index is 14.2. The molecule has 1 saturated carbocycles. The van der Waals surface area contributed by atoms with E-state index in [0.717, 1.165) is 74.0 Å². The van der Waals surface area contributed by atoms with Gasteiger partial charge >= 0.3 is 0 Å². The molecule has 0 radical (unpaired) electrons. The number of hydrogen-bond donors (Lipinski definition) is 3. The number of hydrogen-bond acceptors (Lipinski definition) is 6. The number of benzene rings is 2. The van der Waals surface area contributed by atoms with Crippen LogP contribution >= 0.6 is 36.4 Å². The topological polar surface area (TPSA) is 77.5 Å². The van der Waals surface area contributed by atoms with Crippen molar-refractivity contribution in [2.75, 3.05) is 38.0 Å². The SMILES string of the molecule is CC(=O)c1cnc2ccc(-c3cc(F)c(O)c(Cl)c3)cc2c1NC1CCC(CN2CCNCC2)CC1.Cl.Cl. The summed E-state index contributed by atoms with van der Waals surface area (Å²) >= 11 is 6.02. The van der Waals surface area contributed by atoms with Crippen LogP contribution in [-0.4, -0.2) is 59.5 Å². The first-order valence-corrected chi connectivity index (χ1v) is 13.1. The minimum Gasteiger partial charge on any atom is -0.504 e. The van der Waals surface area contributed by atoms with Crippen molar-refractivity contribution in [1.29, 1.82) is 0 Å². The molecule has 0 amide bonds. The smallest absolute Gasteiger partial charge is 0.170 e. The van der Waals surface area contributed by atoms with Crippen LogP contribution in [0, 0.1) is 11.7 Å². The quantitative estimate of drug-likeness (QED) is 0.295. The molecule has 1 aliphatic heterocycles. The number of rotatable bonds is 6. The van der Waals surface area contributed by atoms with E-state index in [1.807, 2.05) is 18.2 Å². The maximum Gasteiger partial charge on any atom is 0.170 e. The Morgan fingerprint density at radius 2 is 1.84 bits per heavy atom. The normalized spacial score (nSPS) is 19.9. The van der Waals surface area contributed by atoms with Crippen LogP contribution in [0.2, 0.25) is 5.02 Å². The summed E-state index contributed by atoms with van der Waals surface area (Å²) in [6, 6.07) is 8.69. The molecule has 1 aromatic heterocycles.